The van der Waals surface area contributed by atoms with Gasteiger partial charge >= 0.3 is 6.36 Å². The molecule has 0 radical (unpaired) electrons. The fraction of sp³-hybridized carbons (Fsp3) is 0.400. The zero-order chi connectivity index (χ0) is 20.2. The second kappa shape index (κ2) is 8.53. The third-order valence-corrected chi connectivity index (χ3v) is 6.48. The Morgan fingerprint density at radius 1 is 0.964 bits per heavy atom. The molecule has 1 aliphatic carbocycles. The molecular formula is C20H22F3NO3S. The summed E-state index contributed by atoms with van der Waals surface area (Å²) in [6.45, 7) is 0.294. The Balaban J connectivity index is 1.66. The van der Waals surface area contributed by atoms with Gasteiger partial charge in [-0.3, -0.25) is 0 Å². The van der Waals surface area contributed by atoms with Gasteiger partial charge in [-0.1, -0.05) is 43.2 Å². The van der Waals surface area contributed by atoms with Crippen molar-refractivity contribution in [3.8, 4) is 5.75 Å². The molecule has 1 N–H and O–H groups in total. The first kappa shape index (κ1) is 20.7. The molecule has 0 unspecified atom stereocenters. The minimum atomic E-state index is -4.81. The lowest BCUT2D eigenvalue weighted by molar-refractivity contribution is -0.274. The molecule has 2 atom stereocenters. The summed E-state index contributed by atoms with van der Waals surface area (Å²) >= 11 is 0. The van der Waals surface area contributed by atoms with Crippen LogP contribution in [0.2, 0.25) is 0 Å². The monoisotopic (exact) mass is 413 g/mol. The smallest absolute Gasteiger partial charge is 0.406 e. The molecule has 4 nitrogen and oxygen atoms in total. The number of ether oxygens (including phenoxy) is 1. The Kier molecular flexibility index (Phi) is 6.30. The van der Waals surface area contributed by atoms with Gasteiger partial charge in [0.2, 0.25) is 10.0 Å². The summed E-state index contributed by atoms with van der Waals surface area (Å²) in [7, 11) is -3.81. The van der Waals surface area contributed by atoms with Crippen LogP contribution in [-0.2, 0) is 10.0 Å². The molecule has 152 valence electrons. The third-order valence-electron chi connectivity index (χ3n) is 5.04. The van der Waals surface area contributed by atoms with Crippen LogP contribution >= 0.6 is 0 Å². The Bertz CT molecular complexity index is 868. The van der Waals surface area contributed by atoms with Crippen molar-refractivity contribution < 1.29 is 26.3 Å². The van der Waals surface area contributed by atoms with Gasteiger partial charge in [0.25, 0.3) is 0 Å². The van der Waals surface area contributed by atoms with E-state index < -0.39 is 22.1 Å². The van der Waals surface area contributed by atoms with Crippen LogP contribution in [0.3, 0.4) is 0 Å². The maximum Gasteiger partial charge on any atom is 0.573 e. The van der Waals surface area contributed by atoms with Crippen LogP contribution in [0.15, 0.2) is 59.5 Å². The first-order valence-electron chi connectivity index (χ1n) is 9.15. The number of benzene rings is 2. The summed E-state index contributed by atoms with van der Waals surface area (Å²) in [5.41, 5.74) is 1.21. The van der Waals surface area contributed by atoms with Crippen molar-refractivity contribution in [3.63, 3.8) is 0 Å². The van der Waals surface area contributed by atoms with Crippen LogP contribution < -0.4 is 9.46 Å². The van der Waals surface area contributed by atoms with E-state index in [-0.39, 0.29) is 10.8 Å². The van der Waals surface area contributed by atoms with Crippen LogP contribution in [0.1, 0.15) is 37.2 Å². The lowest BCUT2D eigenvalue weighted by Crippen LogP contribution is -2.33. The SMILES string of the molecule is O=S(=O)(NC[C@H]1CCCC[C@H]1c1ccccc1)c1ccc(OC(F)(F)F)cc1. The summed E-state index contributed by atoms with van der Waals surface area (Å²) < 4.78 is 68.2. The number of hydrogen-bond acceptors (Lipinski definition) is 3. The van der Waals surface area contributed by atoms with Crippen molar-refractivity contribution in [1.29, 1.82) is 0 Å². The molecule has 2 aromatic carbocycles. The van der Waals surface area contributed by atoms with Gasteiger partial charge in [0.05, 0.1) is 4.90 Å². The predicted octanol–water partition coefficient (Wildman–Crippen LogP) is 4.84. The molecule has 1 aliphatic rings. The average molecular weight is 413 g/mol. The normalized spacial score (nSPS) is 20.7. The van der Waals surface area contributed by atoms with Gasteiger partial charge < -0.3 is 4.74 Å². The average Bonchev–Trinajstić information content (AvgIpc) is 2.66. The topological polar surface area (TPSA) is 55.4 Å². The van der Waals surface area contributed by atoms with E-state index >= 15 is 0 Å². The molecule has 0 aromatic heterocycles. The number of sulfonamides is 1. The van der Waals surface area contributed by atoms with E-state index in [1.807, 2.05) is 18.2 Å². The number of rotatable bonds is 6. The fourth-order valence-corrected chi connectivity index (χ4v) is 4.81. The Morgan fingerprint density at radius 2 is 1.61 bits per heavy atom. The van der Waals surface area contributed by atoms with Crippen molar-refractivity contribution in [2.24, 2.45) is 5.92 Å². The van der Waals surface area contributed by atoms with Gasteiger partial charge in [-0.15, -0.1) is 13.2 Å². The highest BCUT2D eigenvalue weighted by Crippen LogP contribution is 2.37. The summed E-state index contributed by atoms with van der Waals surface area (Å²) in [5.74, 6) is 0.0156. The maximum absolute atomic E-state index is 12.5. The zero-order valence-corrected chi connectivity index (χ0v) is 16.0. The lowest BCUT2D eigenvalue weighted by Gasteiger charge is -2.32. The molecule has 0 aliphatic heterocycles. The second-order valence-electron chi connectivity index (χ2n) is 6.93. The number of hydrogen-bond donors (Lipinski definition) is 1. The Hall–Kier alpha value is -2.06. The van der Waals surface area contributed by atoms with Gasteiger partial charge in [0.15, 0.2) is 0 Å². The largest absolute Gasteiger partial charge is 0.573 e. The van der Waals surface area contributed by atoms with E-state index in [0.717, 1.165) is 49.9 Å². The second-order valence-corrected chi connectivity index (χ2v) is 8.70. The highest BCUT2D eigenvalue weighted by atomic mass is 32.2. The lowest BCUT2D eigenvalue weighted by atomic mass is 9.75. The molecule has 0 heterocycles. The summed E-state index contributed by atoms with van der Waals surface area (Å²) in [5, 5.41) is 0. The quantitative estimate of drug-likeness (QED) is 0.738. The van der Waals surface area contributed by atoms with E-state index in [1.54, 1.807) is 0 Å². The molecular weight excluding hydrogens is 391 g/mol. The van der Waals surface area contributed by atoms with Crippen LogP contribution in [0, 0.1) is 5.92 Å². The zero-order valence-electron chi connectivity index (χ0n) is 15.2. The first-order valence-corrected chi connectivity index (χ1v) is 10.6. The van der Waals surface area contributed by atoms with Crippen LogP contribution in [0.25, 0.3) is 0 Å². The van der Waals surface area contributed by atoms with Crippen molar-refractivity contribution in [2.75, 3.05) is 6.54 Å². The van der Waals surface area contributed by atoms with E-state index in [1.165, 1.54) is 5.56 Å². The van der Waals surface area contributed by atoms with Gasteiger partial charge in [0, 0.05) is 6.54 Å². The molecule has 28 heavy (non-hydrogen) atoms. The first-order chi connectivity index (χ1) is 13.2. The highest BCUT2D eigenvalue weighted by molar-refractivity contribution is 7.89. The summed E-state index contributed by atoms with van der Waals surface area (Å²) in [4.78, 5) is -0.0888. The molecule has 8 heteroatoms. The summed E-state index contributed by atoms with van der Waals surface area (Å²) in [6, 6.07) is 14.3. The number of nitrogens with one attached hydrogen (secondary N) is 1. The van der Waals surface area contributed by atoms with Crippen LogP contribution in [0.5, 0.6) is 5.75 Å². The predicted molar refractivity (Wildman–Crippen MR) is 99.5 cm³/mol. The highest BCUT2D eigenvalue weighted by Gasteiger charge is 2.31. The van der Waals surface area contributed by atoms with E-state index in [9.17, 15) is 21.6 Å². The molecule has 2 aromatic rings. The molecule has 3 rings (SSSR count). The number of alkyl halides is 3. The molecule has 0 bridgehead atoms. The van der Waals surface area contributed by atoms with Gasteiger partial charge in [-0.2, -0.15) is 0 Å². The van der Waals surface area contributed by atoms with Gasteiger partial charge in [-0.25, -0.2) is 13.1 Å². The molecule has 1 saturated carbocycles. The van der Waals surface area contributed by atoms with Crippen LogP contribution in [0.4, 0.5) is 13.2 Å². The molecule has 1 fully saturated rings. The van der Waals surface area contributed by atoms with Crippen molar-refractivity contribution >= 4 is 10.0 Å². The van der Waals surface area contributed by atoms with E-state index in [2.05, 4.69) is 21.6 Å². The van der Waals surface area contributed by atoms with Crippen molar-refractivity contribution in [3.05, 3.63) is 60.2 Å². The van der Waals surface area contributed by atoms with Gasteiger partial charge in [-0.05, 0) is 54.5 Å². The minimum Gasteiger partial charge on any atom is -0.406 e. The summed E-state index contributed by atoms with van der Waals surface area (Å²) in [6.07, 6.45) is -0.699. The van der Waals surface area contributed by atoms with E-state index in [4.69, 9.17) is 0 Å². The van der Waals surface area contributed by atoms with Crippen molar-refractivity contribution in [2.45, 2.75) is 42.9 Å². The molecule has 0 saturated heterocycles. The maximum atomic E-state index is 12.5. The third kappa shape index (κ3) is 5.48. The Labute approximate surface area is 162 Å². The van der Waals surface area contributed by atoms with Gasteiger partial charge in [0.1, 0.15) is 5.75 Å². The minimum absolute atomic E-state index is 0.0888. The fourth-order valence-electron chi connectivity index (χ4n) is 3.71. The molecule has 0 spiro atoms. The van der Waals surface area contributed by atoms with Crippen molar-refractivity contribution in [1.82, 2.24) is 4.72 Å². The Morgan fingerprint density at radius 3 is 2.25 bits per heavy atom. The molecule has 0 amide bonds. The standard InChI is InChI=1S/C20H22F3NO3S/c21-20(22,23)27-17-10-12-18(13-11-17)28(25,26)24-14-16-8-4-5-9-19(16)15-6-2-1-3-7-15/h1-3,6-7,10-13,16,19,24H,4-5,8-9,14H2/t16-,19+/m1/s1. The number of halogens is 3. The van der Waals surface area contributed by atoms with E-state index in [0.29, 0.717) is 12.5 Å². The van der Waals surface area contributed by atoms with Crippen LogP contribution in [-0.4, -0.2) is 21.3 Å².